The van der Waals surface area contributed by atoms with Crippen molar-refractivity contribution in [3.63, 3.8) is 0 Å². The molecule has 1 amide bonds. The molecule has 5 rings (SSSR count). The molecule has 1 aliphatic heterocycles. The minimum absolute atomic E-state index is 0.00340. The summed E-state index contributed by atoms with van der Waals surface area (Å²) in [6.45, 7) is 1.33. The molecule has 0 bridgehead atoms. The Hall–Kier alpha value is -3.79. The fourth-order valence-electron chi connectivity index (χ4n) is 4.10. The van der Waals surface area contributed by atoms with Crippen LogP contribution in [0.2, 0.25) is 0 Å². The highest BCUT2D eigenvalue weighted by Gasteiger charge is 2.24. The number of hydrogen-bond donors (Lipinski definition) is 0. The van der Waals surface area contributed by atoms with E-state index in [4.69, 9.17) is 4.74 Å². The average Bonchev–Trinajstić information content (AvgIpc) is 3.17. The highest BCUT2D eigenvalue weighted by molar-refractivity contribution is 6.06. The lowest BCUT2D eigenvalue weighted by molar-refractivity contribution is 0.0985. The van der Waals surface area contributed by atoms with Gasteiger partial charge in [0.25, 0.3) is 5.91 Å². The van der Waals surface area contributed by atoms with Crippen LogP contribution in [0.3, 0.4) is 0 Å². The lowest BCUT2D eigenvalue weighted by Gasteiger charge is -2.23. The standard InChI is InChI=1S/C26H22N2O2/c1-30-25-11-5-3-9-23(25)19-12-14-20(15-13-19)26(29)28-18-22-8-6-16-27(22)17-21-7-2-4-10-24(21)28/h2-16H,17-18H2,1H3. The number of para-hydroxylation sites is 2. The van der Waals surface area contributed by atoms with Gasteiger partial charge in [-0.2, -0.15) is 0 Å². The van der Waals surface area contributed by atoms with E-state index in [1.807, 2.05) is 77.7 Å². The second-order valence-corrected chi connectivity index (χ2v) is 7.43. The number of anilines is 1. The molecule has 4 aromatic rings. The van der Waals surface area contributed by atoms with Crippen molar-refractivity contribution in [1.29, 1.82) is 0 Å². The predicted octanol–water partition coefficient (Wildman–Crippen LogP) is 5.37. The third-order valence-corrected chi connectivity index (χ3v) is 5.66. The van der Waals surface area contributed by atoms with Gasteiger partial charge in [0.05, 0.1) is 13.7 Å². The molecule has 3 aromatic carbocycles. The first-order valence-electron chi connectivity index (χ1n) is 10.0. The van der Waals surface area contributed by atoms with Crippen molar-refractivity contribution in [2.75, 3.05) is 12.0 Å². The van der Waals surface area contributed by atoms with Gasteiger partial charge in [0, 0.05) is 35.2 Å². The first-order chi connectivity index (χ1) is 14.7. The van der Waals surface area contributed by atoms with Crippen LogP contribution in [0.5, 0.6) is 5.75 Å². The second kappa shape index (κ2) is 7.56. The molecule has 0 fully saturated rings. The van der Waals surface area contributed by atoms with Crippen molar-refractivity contribution >= 4 is 11.6 Å². The van der Waals surface area contributed by atoms with Crippen molar-refractivity contribution in [3.8, 4) is 16.9 Å². The zero-order chi connectivity index (χ0) is 20.5. The molecule has 1 aliphatic rings. The summed E-state index contributed by atoms with van der Waals surface area (Å²) in [5, 5.41) is 0. The van der Waals surface area contributed by atoms with Crippen LogP contribution in [-0.2, 0) is 13.1 Å². The maximum Gasteiger partial charge on any atom is 0.258 e. The molecule has 30 heavy (non-hydrogen) atoms. The van der Waals surface area contributed by atoms with Gasteiger partial charge in [0.1, 0.15) is 5.75 Å². The Morgan fingerprint density at radius 2 is 1.60 bits per heavy atom. The number of methoxy groups -OCH3 is 1. The van der Waals surface area contributed by atoms with Crippen molar-refractivity contribution < 1.29 is 9.53 Å². The summed E-state index contributed by atoms with van der Waals surface area (Å²) < 4.78 is 7.68. The van der Waals surface area contributed by atoms with Gasteiger partial charge in [0.15, 0.2) is 0 Å². The van der Waals surface area contributed by atoms with E-state index in [9.17, 15) is 4.79 Å². The van der Waals surface area contributed by atoms with Crippen LogP contribution in [0.15, 0.2) is 91.1 Å². The van der Waals surface area contributed by atoms with Gasteiger partial charge in [-0.1, -0.05) is 48.5 Å². The SMILES string of the molecule is COc1ccccc1-c1ccc(C(=O)N2Cc3cccn3Cc3ccccc32)cc1. The molecule has 0 atom stereocenters. The largest absolute Gasteiger partial charge is 0.496 e. The molecule has 0 N–H and O–H groups in total. The molecule has 148 valence electrons. The summed E-state index contributed by atoms with van der Waals surface area (Å²) in [4.78, 5) is 15.4. The van der Waals surface area contributed by atoms with Crippen LogP contribution in [0.1, 0.15) is 21.6 Å². The van der Waals surface area contributed by atoms with Gasteiger partial charge in [0.2, 0.25) is 0 Å². The third kappa shape index (κ3) is 3.16. The Labute approximate surface area is 176 Å². The zero-order valence-electron chi connectivity index (χ0n) is 16.8. The monoisotopic (exact) mass is 394 g/mol. The van der Waals surface area contributed by atoms with Crippen LogP contribution in [0, 0.1) is 0 Å². The molecule has 1 aromatic heterocycles. The zero-order valence-corrected chi connectivity index (χ0v) is 16.8. The van der Waals surface area contributed by atoms with Crippen molar-refractivity contribution in [3.05, 3.63) is 108 Å². The summed E-state index contributed by atoms with van der Waals surface area (Å²) >= 11 is 0. The topological polar surface area (TPSA) is 34.5 Å². The Morgan fingerprint density at radius 3 is 2.43 bits per heavy atom. The number of hydrogen-bond acceptors (Lipinski definition) is 2. The molecule has 0 spiro atoms. The van der Waals surface area contributed by atoms with Crippen LogP contribution < -0.4 is 9.64 Å². The van der Waals surface area contributed by atoms with Gasteiger partial charge < -0.3 is 14.2 Å². The number of amides is 1. The van der Waals surface area contributed by atoms with Crippen LogP contribution in [0.4, 0.5) is 5.69 Å². The Bertz CT molecular complexity index is 1210. The molecule has 2 heterocycles. The number of carbonyl (C=O) groups excluding carboxylic acids is 1. The van der Waals surface area contributed by atoms with E-state index in [1.165, 1.54) is 0 Å². The number of rotatable bonds is 3. The highest BCUT2D eigenvalue weighted by Crippen LogP contribution is 2.31. The normalized spacial score (nSPS) is 12.6. The van der Waals surface area contributed by atoms with E-state index in [0.29, 0.717) is 12.1 Å². The van der Waals surface area contributed by atoms with Gasteiger partial charge in [-0.15, -0.1) is 0 Å². The van der Waals surface area contributed by atoms with Crippen molar-refractivity contribution in [2.24, 2.45) is 0 Å². The smallest absolute Gasteiger partial charge is 0.258 e. The fraction of sp³-hybridized carbons (Fsp3) is 0.115. The van der Waals surface area contributed by atoms with Gasteiger partial charge in [-0.25, -0.2) is 0 Å². The molecule has 0 saturated carbocycles. The number of benzene rings is 3. The van der Waals surface area contributed by atoms with Crippen molar-refractivity contribution in [2.45, 2.75) is 13.1 Å². The molecule has 0 radical (unpaired) electrons. The molecule has 0 unspecified atom stereocenters. The fourth-order valence-corrected chi connectivity index (χ4v) is 4.10. The molecule has 0 saturated heterocycles. The molecule has 4 heteroatoms. The highest BCUT2D eigenvalue weighted by atomic mass is 16.5. The van der Waals surface area contributed by atoms with E-state index < -0.39 is 0 Å². The Kier molecular flexibility index (Phi) is 4.60. The van der Waals surface area contributed by atoms with E-state index in [2.05, 4.69) is 22.9 Å². The quantitative estimate of drug-likeness (QED) is 0.468. The first-order valence-corrected chi connectivity index (χ1v) is 10.0. The van der Waals surface area contributed by atoms with E-state index in [0.717, 1.165) is 40.4 Å². The maximum atomic E-state index is 13.5. The summed E-state index contributed by atoms with van der Waals surface area (Å²) in [5.74, 6) is 0.822. The number of fused-ring (bicyclic) bond motifs is 2. The molecule has 0 aliphatic carbocycles. The van der Waals surface area contributed by atoms with E-state index in [-0.39, 0.29) is 5.91 Å². The summed E-state index contributed by atoms with van der Waals surface area (Å²) in [7, 11) is 1.67. The third-order valence-electron chi connectivity index (χ3n) is 5.66. The molecular formula is C26H22N2O2. The number of aromatic nitrogens is 1. The van der Waals surface area contributed by atoms with Crippen molar-refractivity contribution in [1.82, 2.24) is 4.57 Å². The van der Waals surface area contributed by atoms with Gasteiger partial charge in [-0.05, 0) is 47.5 Å². The number of ether oxygens (including phenoxy) is 1. The van der Waals surface area contributed by atoms with Crippen LogP contribution >= 0.6 is 0 Å². The van der Waals surface area contributed by atoms with E-state index in [1.54, 1.807) is 7.11 Å². The average molecular weight is 394 g/mol. The Morgan fingerprint density at radius 1 is 0.833 bits per heavy atom. The van der Waals surface area contributed by atoms with Gasteiger partial charge >= 0.3 is 0 Å². The molecule has 4 nitrogen and oxygen atoms in total. The lowest BCUT2D eigenvalue weighted by atomic mass is 10.0. The Balaban J connectivity index is 1.50. The van der Waals surface area contributed by atoms with E-state index >= 15 is 0 Å². The summed E-state index contributed by atoms with van der Waals surface area (Å²) in [5.41, 5.74) is 5.95. The summed E-state index contributed by atoms with van der Waals surface area (Å²) in [6.07, 6.45) is 2.07. The van der Waals surface area contributed by atoms with Crippen LogP contribution in [-0.4, -0.2) is 17.6 Å². The number of carbonyl (C=O) groups is 1. The lowest BCUT2D eigenvalue weighted by Crippen LogP contribution is -2.30. The second-order valence-electron chi connectivity index (χ2n) is 7.43. The predicted molar refractivity (Wildman–Crippen MR) is 119 cm³/mol. The number of nitrogens with zero attached hydrogens (tertiary/aromatic N) is 2. The maximum absolute atomic E-state index is 13.5. The van der Waals surface area contributed by atoms with Crippen LogP contribution in [0.25, 0.3) is 11.1 Å². The molecular weight excluding hydrogens is 372 g/mol. The minimum atomic E-state index is 0.00340. The minimum Gasteiger partial charge on any atom is -0.496 e. The first kappa shape index (κ1) is 18.3. The summed E-state index contributed by atoms with van der Waals surface area (Å²) in [6, 6.07) is 27.9. The van der Waals surface area contributed by atoms with Gasteiger partial charge in [-0.3, -0.25) is 4.79 Å².